The van der Waals surface area contributed by atoms with Crippen molar-refractivity contribution in [3.05, 3.63) is 161 Å². The van der Waals surface area contributed by atoms with E-state index in [4.69, 9.17) is 9.84 Å². The Bertz CT molecular complexity index is 3060. The quantitative estimate of drug-likeness (QED) is 0.0378. The topological polar surface area (TPSA) is 237 Å². The molecule has 5 aromatic rings. The summed E-state index contributed by atoms with van der Waals surface area (Å²) in [5.41, 5.74) is 4.14. The number of amides is 4. The molecular formula is C69H90N8O10. The second-order valence-corrected chi connectivity index (χ2v) is 25.6. The first-order chi connectivity index (χ1) is 41.9. The lowest BCUT2D eigenvalue weighted by Gasteiger charge is -2.52. The SMILES string of the molecule is CC(C)(C)NC(=O)[C@@H]1CN(Cc2cccnc2)CCN1C[C@@H](O)C[C@@H](Cc1ccccc1)C(=O)N[C@H]1c2ccccc2C[C@H]1O.CCCCN1C(=O)[C@@H]([C@H](O)C2CCCCC2)NC(=O)C12CCN(Cc1ccc(Oc3ccc(C(=O)O)cc3)cc1)CC2. The van der Waals surface area contributed by atoms with E-state index in [1.807, 2.05) is 123 Å². The van der Waals surface area contributed by atoms with Gasteiger partial charge < -0.3 is 46.0 Å². The Balaban J connectivity index is 0.000000208. The van der Waals surface area contributed by atoms with Crippen LogP contribution in [0.3, 0.4) is 0 Å². The number of rotatable bonds is 21. The first-order valence-corrected chi connectivity index (χ1v) is 31.4. The highest BCUT2D eigenvalue weighted by Gasteiger charge is 2.55. The van der Waals surface area contributed by atoms with Crippen molar-refractivity contribution in [2.24, 2.45) is 11.8 Å². The number of carboxylic acids is 1. The van der Waals surface area contributed by atoms with Crippen LogP contribution in [0, 0.1) is 11.8 Å². The Kier molecular flexibility index (Phi) is 22.0. The lowest BCUT2D eigenvalue weighted by Crippen LogP contribution is -2.75. The Morgan fingerprint density at radius 1 is 0.793 bits per heavy atom. The van der Waals surface area contributed by atoms with E-state index in [1.54, 1.807) is 18.3 Å². The molecule has 4 amide bonds. The van der Waals surface area contributed by atoms with Crippen LogP contribution < -0.4 is 20.7 Å². The Hall–Kier alpha value is -7.06. The molecule has 18 nitrogen and oxygen atoms in total. The summed E-state index contributed by atoms with van der Waals surface area (Å²) in [6.45, 7) is 13.5. The van der Waals surface area contributed by atoms with Crippen LogP contribution in [0.4, 0.5) is 0 Å². The van der Waals surface area contributed by atoms with Crippen LogP contribution in [0.15, 0.2) is 128 Å². The molecule has 2 aliphatic carbocycles. The summed E-state index contributed by atoms with van der Waals surface area (Å²) in [6.07, 6.45) is 10.4. The highest BCUT2D eigenvalue weighted by molar-refractivity contribution is 6.00. The third-order valence-corrected chi connectivity index (χ3v) is 18.0. The molecular weight excluding hydrogens is 1100 g/mol. The molecule has 0 bridgehead atoms. The molecule has 18 heteroatoms. The lowest BCUT2D eigenvalue weighted by molar-refractivity contribution is -0.166. The number of carbonyl (C=O) groups is 5. The van der Waals surface area contributed by atoms with Gasteiger partial charge in [0.1, 0.15) is 29.1 Å². The number of fused-ring (bicyclic) bond motifs is 1. The molecule has 1 spiro atoms. The number of aromatic nitrogens is 1. The molecule has 4 aromatic carbocycles. The number of piperazine rings is 2. The van der Waals surface area contributed by atoms with Crippen LogP contribution in [0.5, 0.6) is 11.5 Å². The number of aliphatic hydroxyl groups excluding tert-OH is 3. The van der Waals surface area contributed by atoms with Crippen molar-refractivity contribution in [1.82, 2.24) is 40.5 Å². The second kappa shape index (κ2) is 29.8. The molecule has 0 unspecified atom stereocenters. The van der Waals surface area contributed by atoms with Gasteiger partial charge in [-0.1, -0.05) is 105 Å². The number of ether oxygens (including phenoxy) is 1. The molecule has 87 heavy (non-hydrogen) atoms. The average Bonchev–Trinajstić information content (AvgIpc) is 1.84. The zero-order valence-electron chi connectivity index (χ0n) is 51.1. The molecule has 3 saturated heterocycles. The number of benzene rings is 4. The van der Waals surface area contributed by atoms with Gasteiger partial charge in [-0.3, -0.25) is 38.9 Å². The third-order valence-electron chi connectivity index (χ3n) is 18.0. The number of carboxylic acid groups (broad SMARTS) is 1. The minimum atomic E-state index is -0.975. The zero-order chi connectivity index (χ0) is 61.7. The molecule has 466 valence electrons. The van der Waals surface area contributed by atoms with Gasteiger partial charge in [0, 0.05) is 89.2 Å². The van der Waals surface area contributed by atoms with Crippen LogP contribution >= 0.6 is 0 Å². The van der Waals surface area contributed by atoms with Crippen molar-refractivity contribution in [2.45, 2.75) is 165 Å². The summed E-state index contributed by atoms with van der Waals surface area (Å²) in [5, 5.41) is 51.7. The van der Waals surface area contributed by atoms with Crippen molar-refractivity contribution in [2.75, 3.05) is 45.8 Å². The van der Waals surface area contributed by atoms with Gasteiger partial charge in [-0.2, -0.15) is 0 Å². The van der Waals surface area contributed by atoms with Gasteiger partial charge in [-0.05, 0) is 142 Å². The Morgan fingerprint density at radius 3 is 2.13 bits per heavy atom. The van der Waals surface area contributed by atoms with Gasteiger partial charge in [-0.25, -0.2) is 4.79 Å². The average molecular weight is 1190 g/mol. The molecule has 5 aliphatic rings. The molecule has 7 N–H and O–H groups in total. The molecule has 10 rings (SSSR count). The summed E-state index contributed by atoms with van der Waals surface area (Å²) < 4.78 is 5.86. The van der Waals surface area contributed by atoms with Crippen molar-refractivity contribution >= 4 is 29.6 Å². The lowest BCUT2D eigenvalue weighted by atomic mass is 9.78. The molecule has 4 heterocycles. The first kappa shape index (κ1) is 64.4. The third kappa shape index (κ3) is 17.0. The number of hydrogen-bond acceptors (Lipinski definition) is 13. The van der Waals surface area contributed by atoms with E-state index >= 15 is 0 Å². The van der Waals surface area contributed by atoms with Crippen molar-refractivity contribution in [3.8, 4) is 11.5 Å². The molecule has 1 aromatic heterocycles. The Morgan fingerprint density at radius 2 is 1.46 bits per heavy atom. The predicted molar refractivity (Wildman–Crippen MR) is 332 cm³/mol. The van der Waals surface area contributed by atoms with E-state index in [9.17, 15) is 39.3 Å². The number of nitrogens with one attached hydrogen (secondary N) is 3. The summed E-state index contributed by atoms with van der Waals surface area (Å²) >= 11 is 0. The molecule has 0 radical (unpaired) electrons. The number of nitrogens with zero attached hydrogens (tertiary/aromatic N) is 5. The highest BCUT2D eigenvalue weighted by atomic mass is 16.5. The maximum atomic E-state index is 13.8. The summed E-state index contributed by atoms with van der Waals surface area (Å²) in [4.78, 5) is 78.6. The number of piperidine rings is 1. The van der Waals surface area contributed by atoms with Gasteiger partial charge in [0.2, 0.25) is 23.6 Å². The van der Waals surface area contributed by atoms with Gasteiger partial charge in [0.05, 0.1) is 29.9 Å². The number of likely N-dealkylation sites (tertiary alicyclic amines) is 1. The van der Waals surface area contributed by atoms with Crippen LogP contribution in [-0.2, 0) is 45.1 Å². The van der Waals surface area contributed by atoms with E-state index in [0.29, 0.717) is 76.5 Å². The van der Waals surface area contributed by atoms with Crippen molar-refractivity contribution in [1.29, 1.82) is 0 Å². The number of unbranched alkanes of at least 4 members (excludes halogenated alkanes) is 1. The van der Waals surface area contributed by atoms with Crippen LogP contribution in [0.2, 0.25) is 0 Å². The number of aromatic carboxylic acids is 1. The summed E-state index contributed by atoms with van der Waals surface area (Å²) in [7, 11) is 0. The fourth-order valence-electron chi connectivity index (χ4n) is 13.3. The second-order valence-electron chi connectivity index (χ2n) is 25.6. The number of hydrogen-bond donors (Lipinski definition) is 7. The van der Waals surface area contributed by atoms with Gasteiger partial charge in [-0.15, -0.1) is 0 Å². The fourth-order valence-corrected chi connectivity index (χ4v) is 13.3. The van der Waals surface area contributed by atoms with E-state index in [2.05, 4.69) is 42.6 Å². The minimum Gasteiger partial charge on any atom is -0.478 e. The maximum absolute atomic E-state index is 13.8. The van der Waals surface area contributed by atoms with Gasteiger partial charge >= 0.3 is 5.97 Å². The molecule has 3 aliphatic heterocycles. The molecule has 1 saturated carbocycles. The predicted octanol–water partition coefficient (Wildman–Crippen LogP) is 7.45. The maximum Gasteiger partial charge on any atom is 0.335 e. The number of carbonyl (C=O) groups excluding carboxylic acids is 4. The largest absolute Gasteiger partial charge is 0.478 e. The van der Waals surface area contributed by atoms with Crippen LogP contribution in [-0.4, -0.2) is 162 Å². The molecule has 7 atom stereocenters. The minimum absolute atomic E-state index is 0.0613. The number of β-amino-alcohol motifs (C(OH)–C–C–N with tert-alkyl or cyclic N) is 1. The Labute approximate surface area is 512 Å². The smallest absolute Gasteiger partial charge is 0.335 e. The number of pyridine rings is 1. The zero-order valence-corrected chi connectivity index (χ0v) is 51.1. The highest BCUT2D eigenvalue weighted by Crippen LogP contribution is 2.38. The number of aliphatic hydroxyl groups is 3. The normalized spacial score (nSPS) is 22.0. The van der Waals surface area contributed by atoms with Gasteiger partial charge in [0.25, 0.3) is 0 Å². The summed E-state index contributed by atoms with van der Waals surface area (Å²) in [6, 6.07) is 33.9. The van der Waals surface area contributed by atoms with Crippen LogP contribution in [0.1, 0.15) is 136 Å². The monoisotopic (exact) mass is 1190 g/mol. The molecule has 4 fully saturated rings. The van der Waals surface area contributed by atoms with Crippen molar-refractivity contribution in [3.63, 3.8) is 0 Å². The van der Waals surface area contributed by atoms with E-state index in [-0.39, 0.29) is 48.1 Å². The van der Waals surface area contributed by atoms with Crippen LogP contribution in [0.25, 0.3) is 0 Å². The summed E-state index contributed by atoms with van der Waals surface area (Å²) in [5.74, 6) is -0.707. The van der Waals surface area contributed by atoms with E-state index < -0.39 is 59.4 Å². The first-order valence-electron chi connectivity index (χ1n) is 31.4. The standard InChI is InChI=1S/C36H47N5O4.C33H43N3O6/c1-36(2,3)39-35(45)31-24-40(22-26-12-9-15-37-21-26)16-17-41(31)23-29(42)19-28(18-25-10-5-4-6-11-25)34(44)38-33-30-14-8-7-13-27(30)20-32(33)43;1-2-3-19-36-30(38)28(29(37)24-7-5-4-6-8-24)34-32(41)33(36)17-20-35(21-18-33)22-23-9-13-26(14-10-23)42-27-15-11-25(12-16-27)31(39)40/h4-15,21,28-29,31-33,42-43H,16-20,22-24H2,1-3H3,(H,38,44)(H,39,45);9-16,24,28-29,37H,2-8,17-22H2,1H3,(H,34,41)(H,39,40)/t28-,29+,31+,32-,33+;28-,29-/m11/s1. The fraction of sp³-hybridized carbons (Fsp3) is 0.507. The van der Waals surface area contributed by atoms with E-state index in [0.717, 1.165) is 79.4 Å². The van der Waals surface area contributed by atoms with Gasteiger partial charge in [0.15, 0.2) is 0 Å². The van der Waals surface area contributed by atoms with Crippen molar-refractivity contribution < 1.29 is 49.1 Å². The van der Waals surface area contributed by atoms with E-state index in [1.165, 1.54) is 18.6 Å².